The van der Waals surface area contributed by atoms with E-state index in [1.54, 1.807) is 31.4 Å². The molecule has 0 saturated carbocycles. The quantitative estimate of drug-likeness (QED) is 0.656. The number of hydrogen-bond acceptors (Lipinski definition) is 4. The van der Waals surface area contributed by atoms with Crippen molar-refractivity contribution < 1.29 is 13.2 Å². The highest BCUT2D eigenvalue weighted by atomic mass is 35.5. The van der Waals surface area contributed by atoms with E-state index in [0.717, 1.165) is 18.5 Å². The van der Waals surface area contributed by atoms with Crippen molar-refractivity contribution in [2.75, 3.05) is 46.3 Å². The van der Waals surface area contributed by atoms with Crippen molar-refractivity contribution in [2.24, 2.45) is 0 Å². The maximum atomic E-state index is 12.1. The number of rotatable bonds is 10. The van der Waals surface area contributed by atoms with E-state index in [9.17, 15) is 8.42 Å². The number of methoxy groups -OCH3 is 1. The highest BCUT2D eigenvalue weighted by Gasteiger charge is 2.13. The first kappa shape index (κ1) is 18.4. The first-order valence-corrected chi connectivity index (χ1v) is 8.83. The lowest BCUT2D eigenvalue weighted by atomic mass is 10.2. The van der Waals surface area contributed by atoms with E-state index < -0.39 is 10.0 Å². The predicted octanol–water partition coefficient (Wildman–Crippen LogP) is 1.32. The van der Waals surface area contributed by atoms with Gasteiger partial charge in [-0.25, -0.2) is 13.1 Å². The Labute approximate surface area is 132 Å². The number of aryl methyl sites for hydroxylation is 1. The number of nitrogens with one attached hydrogen (secondary N) is 1. The number of ether oxygens (including phenoxy) is 1. The van der Waals surface area contributed by atoms with E-state index in [4.69, 9.17) is 16.3 Å². The molecule has 0 heterocycles. The number of hydrogen-bond donors (Lipinski definition) is 1. The minimum atomic E-state index is -3.45. The molecule has 21 heavy (non-hydrogen) atoms. The maximum Gasteiger partial charge on any atom is 0.240 e. The van der Waals surface area contributed by atoms with Crippen LogP contribution in [0.4, 0.5) is 0 Å². The lowest BCUT2D eigenvalue weighted by molar-refractivity contribution is 0.162. The van der Waals surface area contributed by atoms with E-state index in [1.807, 2.05) is 11.9 Å². The highest BCUT2D eigenvalue weighted by molar-refractivity contribution is 7.89. The second-order valence-corrected chi connectivity index (χ2v) is 6.92. The van der Waals surface area contributed by atoms with Crippen molar-refractivity contribution in [1.29, 1.82) is 0 Å². The van der Waals surface area contributed by atoms with Crippen LogP contribution in [0.25, 0.3) is 0 Å². The van der Waals surface area contributed by atoms with Crippen LogP contribution in [0.2, 0.25) is 0 Å². The summed E-state index contributed by atoms with van der Waals surface area (Å²) in [5.41, 5.74) is 1.03. The van der Waals surface area contributed by atoms with Crippen LogP contribution in [0.5, 0.6) is 0 Å². The fourth-order valence-electron chi connectivity index (χ4n) is 1.76. The molecule has 0 fully saturated rings. The fraction of sp³-hybridized carbons (Fsp3) is 0.571. The standard InChI is InChI=1S/C14H23ClN2O3S/c1-17(11-12-20-2)10-9-16-21(18,19)14-5-3-13(4-6-14)7-8-15/h3-6,16H,7-12H2,1-2H3. The van der Waals surface area contributed by atoms with Crippen molar-refractivity contribution in [1.82, 2.24) is 9.62 Å². The number of likely N-dealkylation sites (N-methyl/N-ethyl adjacent to an activating group) is 1. The Morgan fingerprint density at radius 1 is 1.24 bits per heavy atom. The topological polar surface area (TPSA) is 58.6 Å². The summed E-state index contributed by atoms with van der Waals surface area (Å²) in [4.78, 5) is 2.29. The summed E-state index contributed by atoms with van der Waals surface area (Å²) in [6, 6.07) is 6.81. The normalized spacial score (nSPS) is 12.0. The predicted molar refractivity (Wildman–Crippen MR) is 85.4 cm³/mol. The van der Waals surface area contributed by atoms with Crippen molar-refractivity contribution in [3.63, 3.8) is 0 Å². The largest absolute Gasteiger partial charge is 0.383 e. The van der Waals surface area contributed by atoms with E-state index in [2.05, 4.69) is 4.72 Å². The third-order valence-electron chi connectivity index (χ3n) is 3.08. The molecule has 1 aromatic carbocycles. The second kappa shape index (κ2) is 9.38. The van der Waals surface area contributed by atoms with Gasteiger partial charge in [-0.05, 0) is 31.2 Å². The molecule has 0 saturated heterocycles. The van der Waals surface area contributed by atoms with Gasteiger partial charge in [-0.15, -0.1) is 11.6 Å². The third-order valence-corrected chi connectivity index (χ3v) is 4.75. The van der Waals surface area contributed by atoms with Crippen LogP contribution in [0, 0.1) is 0 Å². The Bertz CT molecular complexity index is 505. The molecule has 0 bridgehead atoms. The molecule has 7 heteroatoms. The van der Waals surface area contributed by atoms with Gasteiger partial charge in [0.2, 0.25) is 10.0 Å². The molecule has 0 radical (unpaired) electrons. The van der Waals surface area contributed by atoms with Crippen LogP contribution >= 0.6 is 11.6 Å². The van der Waals surface area contributed by atoms with Gasteiger partial charge < -0.3 is 9.64 Å². The van der Waals surface area contributed by atoms with Gasteiger partial charge >= 0.3 is 0 Å². The number of sulfonamides is 1. The zero-order valence-corrected chi connectivity index (χ0v) is 14.1. The van der Waals surface area contributed by atoms with Gasteiger partial charge in [0.05, 0.1) is 11.5 Å². The van der Waals surface area contributed by atoms with Crippen LogP contribution < -0.4 is 4.72 Å². The minimum Gasteiger partial charge on any atom is -0.383 e. The zero-order valence-electron chi connectivity index (χ0n) is 12.5. The molecule has 1 N–H and O–H groups in total. The average Bonchev–Trinajstić information content (AvgIpc) is 2.46. The van der Waals surface area contributed by atoms with Crippen LogP contribution in [-0.2, 0) is 21.2 Å². The SMILES string of the molecule is COCCN(C)CCNS(=O)(=O)c1ccc(CCCl)cc1. The molecule has 0 aliphatic carbocycles. The molecular formula is C14H23ClN2O3S. The molecule has 0 aliphatic heterocycles. The minimum absolute atomic E-state index is 0.278. The van der Waals surface area contributed by atoms with Crippen molar-refractivity contribution in [3.05, 3.63) is 29.8 Å². The molecule has 0 amide bonds. The zero-order chi connectivity index (χ0) is 15.7. The number of nitrogens with zero attached hydrogens (tertiary/aromatic N) is 1. The summed E-state index contributed by atoms with van der Waals surface area (Å²) in [6.07, 6.45) is 0.736. The Morgan fingerprint density at radius 3 is 2.48 bits per heavy atom. The second-order valence-electron chi connectivity index (χ2n) is 4.78. The average molecular weight is 335 g/mol. The van der Waals surface area contributed by atoms with Crippen molar-refractivity contribution in [2.45, 2.75) is 11.3 Å². The summed E-state index contributed by atoms with van der Waals surface area (Å²) < 4.78 is 31.8. The summed E-state index contributed by atoms with van der Waals surface area (Å²) in [5, 5.41) is 0. The molecule has 0 atom stereocenters. The smallest absolute Gasteiger partial charge is 0.240 e. The summed E-state index contributed by atoms with van der Waals surface area (Å²) in [7, 11) is 0.119. The van der Waals surface area contributed by atoms with Crippen molar-refractivity contribution >= 4 is 21.6 Å². The summed E-state index contributed by atoms with van der Waals surface area (Å²) in [5.74, 6) is 0.526. The van der Waals surface area contributed by atoms with Gasteiger partial charge in [-0.2, -0.15) is 0 Å². The Balaban J connectivity index is 2.49. The summed E-state index contributed by atoms with van der Waals surface area (Å²) >= 11 is 5.66. The van der Waals surface area contributed by atoms with Gasteiger partial charge in [0.1, 0.15) is 0 Å². The Morgan fingerprint density at radius 2 is 1.90 bits per heavy atom. The van der Waals surface area contributed by atoms with Gasteiger partial charge in [0.15, 0.2) is 0 Å². The number of benzene rings is 1. The van der Waals surface area contributed by atoms with Crippen LogP contribution in [0.3, 0.4) is 0 Å². The molecule has 1 rings (SSSR count). The van der Waals surface area contributed by atoms with Crippen LogP contribution in [-0.4, -0.2) is 59.6 Å². The van der Waals surface area contributed by atoms with Gasteiger partial charge in [-0.1, -0.05) is 12.1 Å². The van der Waals surface area contributed by atoms with Crippen LogP contribution in [0.1, 0.15) is 5.56 Å². The van der Waals surface area contributed by atoms with Crippen LogP contribution in [0.15, 0.2) is 29.2 Å². The fourth-order valence-corrected chi connectivity index (χ4v) is 3.00. The molecule has 0 aromatic heterocycles. The monoisotopic (exact) mass is 334 g/mol. The number of alkyl halides is 1. The molecule has 0 spiro atoms. The lowest BCUT2D eigenvalue weighted by Crippen LogP contribution is -2.34. The van der Waals surface area contributed by atoms with Gasteiger partial charge in [-0.3, -0.25) is 0 Å². The first-order chi connectivity index (χ1) is 9.99. The van der Waals surface area contributed by atoms with E-state index >= 15 is 0 Å². The highest BCUT2D eigenvalue weighted by Crippen LogP contribution is 2.11. The van der Waals surface area contributed by atoms with Gasteiger partial charge in [0.25, 0.3) is 0 Å². The molecular weight excluding hydrogens is 312 g/mol. The lowest BCUT2D eigenvalue weighted by Gasteiger charge is -2.16. The molecule has 0 unspecified atom stereocenters. The summed E-state index contributed by atoms with van der Waals surface area (Å²) in [6.45, 7) is 2.40. The molecule has 120 valence electrons. The molecule has 0 aliphatic rings. The molecule has 1 aromatic rings. The van der Waals surface area contributed by atoms with E-state index in [1.165, 1.54) is 0 Å². The maximum absolute atomic E-state index is 12.1. The third kappa shape index (κ3) is 6.76. The van der Waals surface area contributed by atoms with E-state index in [-0.39, 0.29) is 4.90 Å². The van der Waals surface area contributed by atoms with E-state index in [0.29, 0.717) is 25.6 Å². The van der Waals surface area contributed by atoms with Crippen molar-refractivity contribution in [3.8, 4) is 0 Å². The van der Waals surface area contributed by atoms with Gasteiger partial charge in [0, 0.05) is 32.6 Å². The Hall–Kier alpha value is -0.660. The molecule has 5 nitrogen and oxygen atoms in total. The first-order valence-electron chi connectivity index (χ1n) is 6.81. The number of halogens is 1. The Kier molecular flexibility index (Phi) is 8.21.